The van der Waals surface area contributed by atoms with Crippen LogP contribution < -0.4 is 0 Å². The summed E-state index contributed by atoms with van der Waals surface area (Å²) in [7, 11) is 0. The van der Waals surface area contributed by atoms with Crippen LogP contribution in [0.2, 0.25) is 0 Å². The van der Waals surface area contributed by atoms with Gasteiger partial charge in [0, 0.05) is 0 Å². The van der Waals surface area contributed by atoms with Crippen LogP contribution in [0.15, 0.2) is 97.1 Å². The quantitative estimate of drug-likeness (QED) is 0.277. The first kappa shape index (κ1) is 20.8. The van der Waals surface area contributed by atoms with Gasteiger partial charge in [-0.1, -0.05) is 132 Å². The fourth-order valence-corrected chi connectivity index (χ4v) is 5.36. The van der Waals surface area contributed by atoms with Crippen LogP contribution >= 0.6 is 0 Å². The molecule has 0 heterocycles. The van der Waals surface area contributed by atoms with Gasteiger partial charge in [0.05, 0.1) is 5.41 Å². The Bertz CT molecular complexity index is 1200. The second-order valence-corrected chi connectivity index (χ2v) is 10.4. The summed E-state index contributed by atoms with van der Waals surface area (Å²) in [4.78, 5) is 0. The molecule has 0 nitrogen and oxygen atoms in total. The number of fused-ring (bicyclic) bond motifs is 3. The van der Waals surface area contributed by atoms with Crippen LogP contribution in [-0.4, -0.2) is 0 Å². The molecule has 0 N–H and O–H groups in total. The molecule has 0 heteroatoms. The maximum absolute atomic E-state index is 2.36. The van der Waals surface area contributed by atoms with Crippen LogP contribution in [0.3, 0.4) is 0 Å². The Morgan fingerprint density at radius 1 is 0.562 bits per heavy atom. The summed E-state index contributed by atoms with van der Waals surface area (Å²) in [6.45, 7) is 11.4. The molecule has 0 saturated carbocycles. The Balaban J connectivity index is 1.84. The molecule has 0 unspecified atom stereocenters. The molecule has 0 saturated heterocycles. The maximum Gasteiger partial charge on any atom is 0.0713 e. The van der Waals surface area contributed by atoms with Crippen LogP contribution in [-0.2, 0) is 10.8 Å². The molecule has 0 aromatic heterocycles. The lowest BCUT2D eigenvalue weighted by atomic mass is 9.67. The van der Waals surface area contributed by atoms with Crippen LogP contribution in [0.4, 0.5) is 0 Å². The second-order valence-electron chi connectivity index (χ2n) is 10.4. The molecule has 1 aliphatic carbocycles. The minimum atomic E-state index is -0.306. The molecule has 0 bridgehead atoms. The molecule has 160 valence electrons. The van der Waals surface area contributed by atoms with E-state index in [1.807, 2.05) is 0 Å². The van der Waals surface area contributed by atoms with E-state index in [0.29, 0.717) is 5.92 Å². The molecule has 32 heavy (non-hydrogen) atoms. The Morgan fingerprint density at radius 3 is 1.44 bits per heavy atom. The topological polar surface area (TPSA) is 0 Å². The molecule has 0 radical (unpaired) electrons. The second kappa shape index (κ2) is 7.48. The van der Waals surface area contributed by atoms with Crippen LogP contribution in [0.1, 0.15) is 73.9 Å². The van der Waals surface area contributed by atoms with E-state index < -0.39 is 0 Å². The van der Waals surface area contributed by atoms with Gasteiger partial charge < -0.3 is 0 Å². The first-order chi connectivity index (χ1) is 15.3. The van der Waals surface area contributed by atoms with E-state index >= 15 is 0 Å². The lowest BCUT2D eigenvalue weighted by molar-refractivity contribution is 0.589. The van der Waals surface area contributed by atoms with E-state index in [2.05, 4.69) is 132 Å². The molecule has 0 aliphatic heterocycles. The predicted octanol–water partition coefficient (Wildman–Crippen LogP) is 8.47. The third-order valence-electron chi connectivity index (χ3n) is 7.15. The van der Waals surface area contributed by atoms with Gasteiger partial charge in [0.15, 0.2) is 0 Å². The highest BCUT2D eigenvalue weighted by Crippen LogP contribution is 2.56. The summed E-state index contributed by atoms with van der Waals surface area (Å²) >= 11 is 0. The minimum Gasteiger partial charge on any atom is -0.0619 e. The molecular formula is C32H32. The van der Waals surface area contributed by atoms with Gasteiger partial charge in [0.25, 0.3) is 0 Å². The minimum absolute atomic E-state index is 0.135. The third kappa shape index (κ3) is 3.05. The van der Waals surface area contributed by atoms with Crippen molar-refractivity contribution in [2.75, 3.05) is 0 Å². The molecule has 4 aromatic carbocycles. The van der Waals surface area contributed by atoms with Crippen molar-refractivity contribution in [1.29, 1.82) is 0 Å². The van der Waals surface area contributed by atoms with Crippen LogP contribution in [0, 0.1) is 0 Å². The lowest BCUT2D eigenvalue weighted by Gasteiger charge is -2.34. The molecule has 4 aromatic rings. The van der Waals surface area contributed by atoms with Gasteiger partial charge in [0.2, 0.25) is 0 Å². The molecule has 0 fully saturated rings. The van der Waals surface area contributed by atoms with Crippen LogP contribution in [0.5, 0.6) is 0 Å². The fourth-order valence-electron chi connectivity index (χ4n) is 5.36. The average molecular weight is 417 g/mol. The zero-order valence-electron chi connectivity index (χ0n) is 19.8. The Morgan fingerprint density at radius 2 is 1.00 bits per heavy atom. The lowest BCUT2D eigenvalue weighted by Crippen LogP contribution is -2.28. The Hall–Kier alpha value is -3.12. The summed E-state index contributed by atoms with van der Waals surface area (Å²) in [5.41, 5.74) is 10.7. The highest BCUT2D eigenvalue weighted by molar-refractivity contribution is 5.86. The van der Waals surface area contributed by atoms with E-state index in [1.165, 1.54) is 44.5 Å². The van der Waals surface area contributed by atoms with Gasteiger partial charge in [-0.2, -0.15) is 0 Å². The SMILES string of the molecule is CC(C)c1ccc(C2(c3ccc(C(C)(C)C)cc3)c3ccccc3-c3ccccc32)cc1. The van der Waals surface area contributed by atoms with E-state index in [0.717, 1.165) is 0 Å². The zero-order chi connectivity index (χ0) is 22.5. The van der Waals surface area contributed by atoms with Crippen molar-refractivity contribution in [3.05, 3.63) is 130 Å². The summed E-state index contributed by atoms with van der Waals surface area (Å²) in [5, 5.41) is 0. The van der Waals surface area contributed by atoms with Crippen LogP contribution in [0.25, 0.3) is 11.1 Å². The summed E-state index contributed by atoms with van der Waals surface area (Å²) < 4.78 is 0. The van der Waals surface area contributed by atoms with E-state index in [4.69, 9.17) is 0 Å². The van der Waals surface area contributed by atoms with Gasteiger partial charge in [-0.15, -0.1) is 0 Å². The molecule has 0 atom stereocenters. The Kier molecular flexibility index (Phi) is 4.86. The summed E-state index contributed by atoms with van der Waals surface area (Å²) in [5.74, 6) is 0.522. The van der Waals surface area contributed by atoms with Crippen molar-refractivity contribution >= 4 is 0 Å². The molecule has 1 aliphatic rings. The standard InChI is InChI=1S/C32H32/c1-22(2)23-14-16-25(17-15-23)32(26-20-18-24(19-21-26)31(3,4)5)29-12-8-6-10-27(29)28-11-7-9-13-30(28)32/h6-22H,1-5H3. The van der Waals surface area contributed by atoms with Crippen molar-refractivity contribution in [3.8, 4) is 11.1 Å². The van der Waals surface area contributed by atoms with E-state index in [-0.39, 0.29) is 10.8 Å². The van der Waals surface area contributed by atoms with Gasteiger partial charge in [-0.3, -0.25) is 0 Å². The highest BCUT2D eigenvalue weighted by Gasteiger charge is 2.45. The van der Waals surface area contributed by atoms with Crippen molar-refractivity contribution < 1.29 is 0 Å². The first-order valence-electron chi connectivity index (χ1n) is 11.7. The number of hydrogen-bond donors (Lipinski definition) is 0. The largest absolute Gasteiger partial charge is 0.0713 e. The van der Waals surface area contributed by atoms with Gasteiger partial charge >= 0.3 is 0 Å². The fraction of sp³-hybridized carbons (Fsp3) is 0.250. The van der Waals surface area contributed by atoms with Crippen molar-refractivity contribution in [2.24, 2.45) is 0 Å². The van der Waals surface area contributed by atoms with Gasteiger partial charge in [0.1, 0.15) is 0 Å². The van der Waals surface area contributed by atoms with Gasteiger partial charge in [-0.05, 0) is 55.8 Å². The molecule has 0 spiro atoms. The first-order valence-corrected chi connectivity index (χ1v) is 11.7. The van der Waals surface area contributed by atoms with Crippen molar-refractivity contribution in [2.45, 2.75) is 51.4 Å². The molecular weight excluding hydrogens is 384 g/mol. The van der Waals surface area contributed by atoms with Gasteiger partial charge in [-0.25, -0.2) is 0 Å². The summed E-state index contributed by atoms with van der Waals surface area (Å²) in [6.07, 6.45) is 0. The third-order valence-corrected chi connectivity index (χ3v) is 7.15. The van der Waals surface area contributed by atoms with E-state index in [9.17, 15) is 0 Å². The van der Waals surface area contributed by atoms with E-state index in [1.54, 1.807) is 0 Å². The van der Waals surface area contributed by atoms with Crippen molar-refractivity contribution in [3.63, 3.8) is 0 Å². The summed E-state index contributed by atoms with van der Waals surface area (Å²) in [6, 6.07) is 36.6. The smallest absolute Gasteiger partial charge is 0.0619 e. The zero-order valence-corrected chi connectivity index (χ0v) is 19.8. The molecule has 0 amide bonds. The normalized spacial score (nSPS) is 14.3. The number of rotatable bonds is 3. The number of benzene rings is 4. The average Bonchev–Trinajstić information content (AvgIpc) is 3.10. The number of hydrogen-bond acceptors (Lipinski definition) is 0. The monoisotopic (exact) mass is 416 g/mol. The predicted molar refractivity (Wildman–Crippen MR) is 137 cm³/mol. The highest BCUT2D eigenvalue weighted by atomic mass is 14.5. The van der Waals surface area contributed by atoms with Crippen molar-refractivity contribution in [1.82, 2.24) is 0 Å². The molecule has 5 rings (SSSR count). The Labute approximate surface area is 193 Å². The maximum atomic E-state index is 2.36.